The Balaban J connectivity index is 0.00000220. The van der Waals surface area contributed by atoms with Crippen LogP contribution in [0.4, 0.5) is 17.6 Å². The van der Waals surface area contributed by atoms with Crippen molar-refractivity contribution < 1.29 is 22.3 Å². The van der Waals surface area contributed by atoms with E-state index >= 15 is 0 Å². The molecule has 21 heavy (non-hydrogen) atoms. The molecule has 0 amide bonds. The summed E-state index contributed by atoms with van der Waals surface area (Å²) in [5.74, 6) is -0.808. The molecule has 0 aromatic heterocycles. The van der Waals surface area contributed by atoms with Gasteiger partial charge in [-0.15, -0.1) is 25.6 Å². The molecule has 0 unspecified atom stereocenters. The van der Waals surface area contributed by atoms with Crippen LogP contribution in [-0.4, -0.2) is 6.36 Å². The molecule has 7 heteroatoms. The van der Waals surface area contributed by atoms with Gasteiger partial charge in [-0.25, -0.2) is 4.39 Å². The molecular formula is C14H12ClF4NO. The molecule has 0 saturated heterocycles. The maximum Gasteiger partial charge on any atom is 0.573 e. The first-order chi connectivity index (χ1) is 9.37. The van der Waals surface area contributed by atoms with Crippen LogP contribution in [0.5, 0.6) is 5.75 Å². The van der Waals surface area contributed by atoms with Crippen LogP contribution in [0.25, 0.3) is 0 Å². The zero-order chi connectivity index (χ0) is 14.8. The van der Waals surface area contributed by atoms with E-state index in [1.165, 1.54) is 30.3 Å². The van der Waals surface area contributed by atoms with Crippen molar-refractivity contribution in [3.05, 3.63) is 65.5 Å². The maximum atomic E-state index is 13.6. The highest BCUT2D eigenvalue weighted by molar-refractivity contribution is 5.85. The summed E-state index contributed by atoms with van der Waals surface area (Å²) in [6, 6.07) is 10.3. The first kappa shape index (κ1) is 17.3. The Morgan fingerprint density at radius 1 is 0.952 bits per heavy atom. The highest BCUT2D eigenvalue weighted by Crippen LogP contribution is 2.26. The molecule has 0 aliphatic rings. The van der Waals surface area contributed by atoms with Crippen LogP contribution in [0.15, 0.2) is 48.5 Å². The van der Waals surface area contributed by atoms with Crippen molar-refractivity contribution >= 4 is 12.4 Å². The Bertz CT molecular complexity index is 586. The number of benzene rings is 2. The van der Waals surface area contributed by atoms with Crippen molar-refractivity contribution in [1.82, 2.24) is 0 Å². The number of rotatable bonds is 3. The monoisotopic (exact) mass is 321 g/mol. The molecule has 2 N–H and O–H groups in total. The second-order valence-corrected chi connectivity index (χ2v) is 4.12. The zero-order valence-electron chi connectivity index (χ0n) is 10.6. The quantitative estimate of drug-likeness (QED) is 0.860. The standard InChI is InChI=1S/C14H11F4NO.ClH/c15-12-4-2-1-3-11(12)13(19)9-5-7-10(8-6-9)20-14(16,17)18;/h1-8,13H,19H2;1H/t13-;/m0./s1. The summed E-state index contributed by atoms with van der Waals surface area (Å²) < 4.78 is 53.4. The molecule has 0 spiro atoms. The molecular weight excluding hydrogens is 310 g/mol. The number of ether oxygens (including phenoxy) is 1. The van der Waals surface area contributed by atoms with Gasteiger partial charge >= 0.3 is 6.36 Å². The van der Waals surface area contributed by atoms with E-state index in [4.69, 9.17) is 5.73 Å². The van der Waals surface area contributed by atoms with Crippen molar-refractivity contribution in [3.8, 4) is 5.75 Å². The summed E-state index contributed by atoms with van der Waals surface area (Å²) >= 11 is 0. The highest BCUT2D eigenvalue weighted by atomic mass is 35.5. The van der Waals surface area contributed by atoms with Gasteiger partial charge in [0.2, 0.25) is 0 Å². The van der Waals surface area contributed by atoms with Crippen LogP contribution in [0.2, 0.25) is 0 Å². The van der Waals surface area contributed by atoms with Crippen LogP contribution in [0.1, 0.15) is 17.2 Å². The van der Waals surface area contributed by atoms with Crippen molar-refractivity contribution in [1.29, 1.82) is 0 Å². The molecule has 0 radical (unpaired) electrons. The van der Waals surface area contributed by atoms with E-state index in [9.17, 15) is 17.6 Å². The Morgan fingerprint density at radius 3 is 2.05 bits per heavy atom. The SMILES string of the molecule is Cl.N[C@@H](c1ccc(OC(F)(F)F)cc1)c1ccccc1F. The van der Waals surface area contributed by atoms with E-state index < -0.39 is 18.2 Å². The molecule has 2 rings (SSSR count). The summed E-state index contributed by atoms with van der Waals surface area (Å²) in [6.07, 6.45) is -4.74. The highest BCUT2D eigenvalue weighted by Gasteiger charge is 2.31. The minimum atomic E-state index is -4.74. The summed E-state index contributed by atoms with van der Waals surface area (Å²) in [6.45, 7) is 0. The van der Waals surface area contributed by atoms with E-state index in [-0.39, 0.29) is 23.7 Å². The molecule has 2 aromatic rings. The van der Waals surface area contributed by atoms with Gasteiger partial charge < -0.3 is 10.5 Å². The molecule has 0 saturated carbocycles. The normalized spacial score (nSPS) is 12.4. The van der Waals surface area contributed by atoms with E-state index in [1.54, 1.807) is 6.07 Å². The lowest BCUT2D eigenvalue weighted by Crippen LogP contribution is -2.17. The third-order valence-electron chi connectivity index (χ3n) is 2.71. The van der Waals surface area contributed by atoms with E-state index in [0.29, 0.717) is 5.56 Å². The third kappa shape index (κ3) is 4.61. The molecule has 2 nitrogen and oxygen atoms in total. The van der Waals surface area contributed by atoms with E-state index in [2.05, 4.69) is 4.74 Å². The summed E-state index contributed by atoms with van der Waals surface area (Å²) in [7, 11) is 0. The Labute approximate surface area is 124 Å². The van der Waals surface area contributed by atoms with Gasteiger partial charge in [-0.1, -0.05) is 30.3 Å². The van der Waals surface area contributed by atoms with E-state index in [0.717, 1.165) is 12.1 Å². The first-order valence-corrected chi connectivity index (χ1v) is 5.72. The number of alkyl halides is 3. The predicted molar refractivity (Wildman–Crippen MR) is 72.8 cm³/mol. The van der Waals surface area contributed by atoms with Crippen LogP contribution < -0.4 is 10.5 Å². The predicted octanol–water partition coefficient (Wildman–Crippen LogP) is 4.19. The van der Waals surface area contributed by atoms with Crippen LogP contribution in [-0.2, 0) is 0 Å². The van der Waals surface area contributed by atoms with Gasteiger partial charge in [-0.2, -0.15) is 0 Å². The lowest BCUT2D eigenvalue weighted by atomic mass is 9.99. The van der Waals surface area contributed by atoms with Crippen LogP contribution in [0, 0.1) is 5.82 Å². The first-order valence-electron chi connectivity index (χ1n) is 5.72. The average molecular weight is 322 g/mol. The maximum absolute atomic E-state index is 13.6. The third-order valence-corrected chi connectivity index (χ3v) is 2.71. The summed E-state index contributed by atoms with van der Waals surface area (Å²) in [5, 5.41) is 0. The molecule has 114 valence electrons. The fraction of sp³-hybridized carbons (Fsp3) is 0.143. The molecule has 0 bridgehead atoms. The lowest BCUT2D eigenvalue weighted by Gasteiger charge is -2.14. The van der Waals surface area contributed by atoms with Gasteiger partial charge in [0.1, 0.15) is 11.6 Å². The van der Waals surface area contributed by atoms with Crippen molar-refractivity contribution in [2.75, 3.05) is 0 Å². The van der Waals surface area contributed by atoms with Gasteiger partial charge in [-0.3, -0.25) is 0 Å². The average Bonchev–Trinajstić information content (AvgIpc) is 2.37. The zero-order valence-corrected chi connectivity index (χ0v) is 11.4. The second-order valence-electron chi connectivity index (χ2n) is 4.12. The smallest absolute Gasteiger partial charge is 0.406 e. The topological polar surface area (TPSA) is 35.2 Å². The Morgan fingerprint density at radius 2 is 1.52 bits per heavy atom. The number of hydrogen-bond donors (Lipinski definition) is 1. The number of nitrogens with two attached hydrogens (primary N) is 1. The van der Waals surface area contributed by atoms with Gasteiger partial charge in [0.25, 0.3) is 0 Å². The van der Waals surface area contributed by atoms with Crippen molar-refractivity contribution in [2.45, 2.75) is 12.4 Å². The fourth-order valence-corrected chi connectivity index (χ4v) is 1.78. The molecule has 0 fully saturated rings. The van der Waals surface area contributed by atoms with Gasteiger partial charge in [0, 0.05) is 5.56 Å². The fourth-order valence-electron chi connectivity index (χ4n) is 1.78. The molecule has 1 atom stereocenters. The van der Waals surface area contributed by atoms with Gasteiger partial charge in [0.15, 0.2) is 0 Å². The Kier molecular flexibility index (Phi) is 5.57. The summed E-state index contributed by atoms with van der Waals surface area (Å²) in [4.78, 5) is 0. The molecule has 2 aromatic carbocycles. The van der Waals surface area contributed by atoms with Gasteiger partial charge in [-0.05, 0) is 23.8 Å². The molecule has 0 aliphatic carbocycles. The summed E-state index contributed by atoms with van der Waals surface area (Å²) in [5.41, 5.74) is 6.66. The Hall–Kier alpha value is -1.79. The lowest BCUT2D eigenvalue weighted by molar-refractivity contribution is -0.274. The molecule has 0 heterocycles. The molecule has 0 aliphatic heterocycles. The van der Waals surface area contributed by atoms with E-state index in [1.807, 2.05) is 0 Å². The second kappa shape index (κ2) is 6.78. The van der Waals surface area contributed by atoms with Gasteiger partial charge in [0.05, 0.1) is 6.04 Å². The van der Waals surface area contributed by atoms with Crippen LogP contribution >= 0.6 is 12.4 Å². The van der Waals surface area contributed by atoms with Crippen LogP contribution in [0.3, 0.4) is 0 Å². The minimum Gasteiger partial charge on any atom is -0.406 e. The van der Waals surface area contributed by atoms with Crippen molar-refractivity contribution in [3.63, 3.8) is 0 Å². The number of hydrogen-bond acceptors (Lipinski definition) is 2. The largest absolute Gasteiger partial charge is 0.573 e. The number of halogens is 5. The minimum absolute atomic E-state index is 0. The van der Waals surface area contributed by atoms with Crippen molar-refractivity contribution in [2.24, 2.45) is 5.73 Å².